The van der Waals surface area contributed by atoms with Crippen molar-refractivity contribution in [3.8, 4) is 0 Å². The van der Waals surface area contributed by atoms with Gasteiger partial charge in [0.25, 0.3) is 0 Å². The molecule has 1 fully saturated rings. The van der Waals surface area contributed by atoms with E-state index in [0.717, 1.165) is 6.42 Å². The Kier molecular flexibility index (Phi) is 5.80. The molecule has 0 aromatic carbocycles. The number of sulfonamides is 1. The Balaban J connectivity index is 2.50. The van der Waals surface area contributed by atoms with Crippen LogP contribution in [0.3, 0.4) is 0 Å². The first kappa shape index (κ1) is 16.4. The summed E-state index contributed by atoms with van der Waals surface area (Å²) >= 11 is 0. The molecule has 1 rings (SSSR count). The Morgan fingerprint density at radius 3 is 2.42 bits per heavy atom. The Bertz CT molecular complexity index is 405. The molecule has 5 nitrogen and oxygen atoms in total. The van der Waals surface area contributed by atoms with E-state index < -0.39 is 16.0 Å². The Hall–Kier alpha value is -0.620. The van der Waals surface area contributed by atoms with Gasteiger partial charge in [0.05, 0.1) is 5.75 Å². The largest absolute Gasteiger partial charge is 0.481 e. The number of aliphatic carboxylic acids is 1. The van der Waals surface area contributed by atoms with Crippen LogP contribution in [0, 0.1) is 17.8 Å². The third-order valence-corrected chi connectivity index (χ3v) is 5.93. The van der Waals surface area contributed by atoms with Crippen molar-refractivity contribution in [2.45, 2.75) is 40.0 Å². The SMILES string of the molecule is CC1CN(CCC(CCC(=O)O)C(C)C)S(=O)(=O)C1. The number of carboxylic acid groups (broad SMARTS) is 1. The second-order valence-corrected chi connectivity index (χ2v) is 7.98. The van der Waals surface area contributed by atoms with E-state index in [-0.39, 0.29) is 24.0 Å². The first-order valence-corrected chi connectivity index (χ1v) is 8.53. The topological polar surface area (TPSA) is 74.7 Å². The van der Waals surface area contributed by atoms with Crippen LogP contribution in [0.2, 0.25) is 0 Å². The van der Waals surface area contributed by atoms with Crippen molar-refractivity contribution < 1.29 is 18.3 Å². The third-order valence-electron chi connectivity index (χ3n) is 3.82. The molecule has 0 bridgehead atoms. The quantitative estimate of drug-likeness (QED) is 0.776. The minimum absolute atomic E-state index is 0.159. The van der Waals surface area contributed by atoms with Gasteiger partial charge < -0.3 is 5.11 Å². The number of carbonyl (C=O) groups is 1. The van der Waals surface area contributed by atoms with E-state index >= 15 is 0 Å². The fraction of sp³-hybridized carbons (Fsp3) is 0.923. The van der Waals surface area contributed by atoms with Crippen molar-refractivity contribution >= 4 is 16.0 Å². The van der Waals surface area contributed by atoms with Crippen LogP contribution in [-0.2, 0) is 14.8 Å². The van der Waals surface area contributed by atoms with Crippen molar-refractivity contribution in [2.75, 3.05) is 18.8 Å². The lowest BCUT2D eigenvalue weighted by molar-refractivity contribution is -0.137. The van der Waals surface area contributed by atoms with Gasteiger partial charge in [0.2, 0.25) is 10.0 Å². The number of rotatable bonds is 7. The second kappa shape index (κ2) is 6.70. The first-order valence-electron chi connectivity index (χ1n) is 6.92. The molecule has 112 valence electrons. The predicted molar refractivity (Wildman–Crippen MR) is 74.3 cm³/mol. The lowest BCUT2D eigenvalue weighted by Crippen LogP contribution is -2.29. The summed E-state index contributed by atoms with van der Waals surface area (Å²) in [5.41, 5.74) is 0. The molecule has 1 aliphatic rings. The maximum Gasteiger partial charge on any atom is 0.303 e. The summed E-state index contributed by atoms with van der Waals surface area (Å²) in [6.07, 6.45) is 1.53. The summed E-state index contributed by atoms with van der Waals surface area (Å²) in [5, 5.41) is 8.74. The summed E-state index contributed by atoms with van der Waals surface area (Å²) in [6.45, 7) is 7.20. The van der Waals surface area contributed by atoms with Crippen LogP contribution < -0.4 is 0 Å². The molecule has 0 aromatic heterocycles. The molecule has 2 unspecified atom stereocenters. The lowest BCUT2D eigenvalue weighted by atomic mass is 9.88. The number of carboxylic acids is 1. The van der Waals surface area contributed by atoms with Crippen molar-refractivity contribution in [2.24, 2.45) is 17.8 Å². The first-order chi connectivity index (χ1) is 8.72. The van der Waals surface area contributed by atoms with Crippen molar-refractivity contribution in [1.82, 2.24) is 4.31 Å². The Morgan fingerprint density at radius 1 is 1.37 bits per heavy atom. The Morgan fingerprint density at radius 2 is 2.00 bits per heavy atom. The van der Waals surface area contributed by atoms with E-state index in [9.17, 15) is 13.2 Å². The molecule has 2 atom stereocenters. The van der Waals surface area contributed by atoms with E-state index in [1.165, 1.54) is 0 Å². The highest BCUT2D eigenvalue weighted by Crippen LogP contribution is 2.25. The van der Waals surface area contributed by atoms with Gasteiger partial charge in [0, 0.05) is 19.5 Å². The molecule has 1 N–H and O–H groups in total. The summed E-state index contributed by atoms with van der Waals surface area (Å²) in [7, 11) is -3.07. The lowest BCUT2D eigenvalue weighted by Gasteiger charge is -2.23. The fourth-order valence-electron chi connectivity index (χ4n) is 2.64. The molecular weight excluding hydrogens is 266 g/mol. The average molecular weight is 291 g/mol. The minimum Gasteiger partial charge on any atom is -0.481 e. The molecule has 1 aliphatic heterocycles. The third kappa shape index (κ3) is 5.10. The molecule has 19 heavy (non-hydrogen) atoms. The number of hydrogen-bond donors (Lipinski definition) is 1. The molecule has 0 aliphatic carbocycles. The van der Waals surface area contributed by atoms with Crippen LogP contribution in [0.4, 0.5) is 0 Å². The molecule has 0 spiro atoms. The van der Waals surface area contributed by atoms with Crippen LogP contribution >= 0.6 is 0 Å². The van der Waals surface area contributed by atoms with Gasteiger partial charge in [-0.15, -0.1) is 0 Å². The minimum atomic E-state index is -3.07. The molecule has 0 saturated carbocycles. The zero-order valence-corrected chi connectivity index (χ0v) is 12.8. The van der Waals surface area contributed by atoms with Crippen LogP contribution in [0.15, 0.2) is 0 Å². The Labute approximate surface area is 116 Å². The van der Waals surface area contributed by atoms with Crippen LogP contribution in [0.1, 0.15) is 40.0 Å². The highest BCUT2D eigenvalue weighted by atomic mass is 32.2. The van der Waals surface area contributed by atoms with E-state index in [1.54, 1.807) is 4.31 Å². The van der Waals surface area contributed by atoms with E-state index in [2.05, 4.69) is 13.8 Å². The monoisotopic (exact) mass is 291 g/mol. The van der Waals surface area contributed by atoms with Crippen molar-refractivity contribution in [3.63, 3.8) is 0 Å². The highest BCUT2D eigenvalue weighted by molar-refractivity contribution is 7.89. The summed E-state index contributed by atoms with van der Waals surface area (Å²) < 4.78 is 25.3. The molecule has 1 heterocycles. The summed E-state index contributed by atoms with van der Waals surface area (Å²) in [5.74, 6) is 0.299. The smallest absolute Gasteiger partial charge is 0.303 e. The summed E-state index contributed by atoms with van der Waals surface area (Å²) in [4.78, 5) is 10.6. The molecular formula is C13H25NO4S. The normalized spacial score (nSPS) is 24.7. The highest BCUT2D eigenvalue weighted by Gasteiger charge is 2.33. The average Bonchev–Trinajstić information content (AvgIpc) is 2.50. The molecule has 0 radical (unpaired) electrons. The predicted octanol–water partition coefficient (Wildman–Crippen LogP) is 1.79. The van der Waals surface area contributed by atoms with E-state index in [1.807, 2.05) is 6.92 Å². The fourth-order valence-corrected chi connectivity index (χ4v) is 4.54. The van der Waals surface area contributed by atoms with E-state index in [4.69, 9.17) is 5.11 Å². The van der Waals surface area contributed by atoms with Gasteiger partial charge in [-0.3, -0.25) is 4.79 Å². The standard InChI is InChI=1S/C13H25NO4S/c1-10(2)12(4-5-13(15)16)6-7-14-8-11(3)9-19(14,17)18/h10-12H,4-9H2,1-3H3,(H,15,16). The molecule has 0 aromatic rings. The van der Waals surface area contributed by atoms with Gasteiger partial charge in [0.15, 0.2) is 0 Å². The molecule has 1 saturated heterocycles. The zero-order valence-electron chi connectivity index (χ0n) is 12.0. The molecule has 6 heteroatoms. The van der Waals surface area contributed by atoms with Gasteiger partial charge in [-0.1, -0.05) is 20.8 Å². The van der Waals surface area contributed by atoms with Crippen molar-refractivity contribution in [1.29, 1.82) is 0 Å². The molecule has 0 amide bonds. The zero-order chi connectivity index (χ0) is 14.6. The van der Waals surface area contributed by atoms with Gasteiger partial charge in [-0.2, -0.15) is 0 Å². The second-order valence-electron chi connectivity index (χ2n) is 5.97. The van der Waals surface area contributed by atoms with Crippen LogP contribution in [0.5, 0.6) is 0 Å². The maximum absolute atomic E-state index is 11.9. The van der Waals surface area contributed by atoms with Crippen molar-refractivity contribution in [3.05, 3.63) is 0 Å². The van der Waals surface area contributed by atoms with Gasteiger partial charge >= 0.3 is 5.97 Å². The van der Waals surface area contributed by atoms with Gasteiger partial charge in [-0.25, -0.2) is 12.7 Å². The summed E-state index contributed by atoms with van der Waals surface area (Å²) in [6, 6.07) is 0. The van der Waals surface area contributed by atoms with Crippen LogP contribution in [-0.4, -0.2) is 42.6 Å². The van der Waals surface area contributed by atoms with Gasteiger partial charge in [-0.05, 0) is 30.6 Å². The van der Waals surface area contributed by atoms with Gasteiger partial charge in [0.1, 0.15) is 0 Å². The van der Waals surface area contributed by atoms with Crippen LogP contribution in [0.25, 0.3) is 0 Å². The number of nitrogens with zero attached hydrogens (tertiary/aromatic N) is 1. The maximum atomic E-state index is 11.9. The van der Waals surface area contributed by atoms with E-state index in [0.29, 0.717) is 25.4 Å². The number of hydrogen-bond acceptors (Lipinski definition) is 3.